The summed E-state index contributed by atoms with van der Waals surface area (Å²) in [6.45, 7) is 13.3. The van der Waals surface area contributed by atoms with Crippen LogP contribution >= 0.6 is 15.9 Å². The molecule has 4 heteroatoms. The Hall–Kier alpha value is -1.29. The molecule has 0 spiro atoms. The standard InChI is InChI=1S/C45H71BrO3/c1-33(2)16-15-17-34(3)40-24-25-41-39-23-20-36-32-38(26-28-44(36,4)42(39)27-29-45(40,41)5)49-43(47)35-18-21-37(22-19-35)48-31-14-12-10-8-6-7-9-11-13-30-46/h18-22,33-34,38-42H,6-17,23-32H2,1-5H3/t34-,38?,39+,40-,41+,42+,44+,45-/m1/s1. The smallest absolute Gasteiger partial charge is 0.338 e. The molecule has 1 aromatic carbocycles. The van der Waals surface area contributed by atoms with Gasteiger partial charge in [0.25, 0.3) is 0 Å². The van der Waals surface area contributed by atoms with Gasteiger partial charge in [-0.3, -0.25) is 0 Å². The molecule has 3 nitrogen and oxygen atoms in total. The van der Waals surface area contributed by atoms with Gasteiger partial charge in [-0.1, -0.05) is 126 Å². The zero-order chi connectivity index (χ0) is 34.9. The first-order valence-corrected chi connectivity index (χ1v) is 22.0. The van der Waals surface area contributed by atoms with Crippen LogP contribution in [-0.4, -0.2) is 24.0 Å². The van der Waals surface area contributed by atoms with Crippen molar-refractivity contribution in [3.63, 3.8) is 0 Å². The fourth-order valence-electron chi connectivity index (χ4n) is 11.3. The first kappa shape index (κ1) is 38.9. The molecular formula is C45H71BrO3. The lowest BCUT2D eigenvalue weighted by Crippen LogP contribution is -2.51. The second-order valence-electron chi connectivity index (χ2n) is 17.8. The molecule has 0 aromatic heterocycles. The Morgan fingerprint density at radius 2 is 1.51 bits per heavy atom. The number of alkyl halides is 1. The molecule has 49 heavy (non-hydrogen) atoms. The van der Waals surface area contributed by atoms with E-state index in [4.69, 9.17) is 9.47 Å². The Morgan fingerprint density at radius 1 is 0.816 bits per heavy atom. The third kappa shape index (κ3) is 9.78. The van der Waals surface area contributed by atoms with Crippen molar-refractivity contribution in [3.8, 4) is 5.75 Å². The molecule has 4 aliphatic rings. The normalized spacial score (nSPS) is 31.4. The van der Waals surface area contributed by atoms with Crippen LogP contribution in [0, 0.1) is 46.3 Å². The SMILES string of the molecule is CC(C)CCC[C@@H](C)[C@H]1CC[C@H]2[C@@H]3CC=C4CC(OC(=O)c5ccc(OCCCCCCCCCCCBr)cc5)CC[C@]4(C)[C@H]3CC[C@]12C. The molecule has 0 bridgehead atoms. The van der Waals surface area contributed by atoms with Gasteiger partial charge in [0, 0.05) is 11.8 Å². The van der Waals surface area contributed by atoms with Gasteiger partial charge in [-0.25, -0.2) is 4.79 Å². The van der Waals surface area contributed by atoms with Crippen molar-refractivity contribution in [2.45, 2.75) is 169 Å². The van der Waals surface area contributed by atoms with Gasteiger partial charge in [0.2, 0.25) is 0 Å². The molecule has 3 fully saturated rings. The highest BCUT2D eigenvalue weighted by atomic mass is 79.9. The minimum atomic E-state index is -0.186. The molecular weight excluding hydrogens is 668 g/mol. The number of halogens is 1. The zero-order valence-electron chi connectivity index (χ0n) is 32.1. The Kier molecular flexibility index (Phi) is 14.7. The number of ether oxygens (including phenoxy) is 2. The first-order valence-electron chi connectivity index (χ1n) is 20.8. The number of carbonyl (C=O) groups is 1. The van der Waals surface area contributed by atoms with Crippen LogP contribution in [0.3, 0.4) is 0 Å². The van der Waals surface area contributed by atoms with E-state index in [1.807, 2.05) is 24.3 Å². The van der Waals surface area contributed by atoms with Crippen LogP contribution in [0.4, 0.5) is 0 Å². The maximum absolute atomic E-state index is 13.2. The lowest BCUT2D eigenvalue weighted by atomic mass is 9.47. The predicted octanol–water partition coefficient (Wildman–Crippen LogP) is 13.5. The minimum Gasteiger partial charge on any atom is -0.494 e. The van der Waals surface area contributed by atoms with Gasteiger partial charge < -0.3 is 9.47 Å². The molecule has 4 aliphatic carbocycles. The maximum atomic E-state index is 13.2. The molecule has 0 aliphatic heterocycles. The van der Waals surface area contributed by atoms with Crippen molar-refractivity contribution in [3.05, 3.63) is 41.5 Å². The van der Waals surface area contributed by atoms with Gasteiger partial charge in [0.15, 0.2) is 0 Å². The maximum Gasteiger partial charge on any atom is 0.338 e. The van der Waals surface area contributed by atoms with Gasteiger partial charge in [-0.15, -0.1) is 0 Å². The predicted molar refractivity (Wildman–Crippen MR) is 210 cm³/mol. The molecule has 1 aromatic rings. The van der Waals surface area contributed by atoms with E-state index >= 15 is 0 Å². The molecule has 1 unspecified atom stereocenters. The Bertz CT molecular complexity index is 1190. The second-order valence-corrected chi connectivity index (χ2v) is 18.6. The molecule has 3 saturated carbocycles. The highest BCUT2D eigenvalue weighted by molar-refractivity contribution is 9.09. The molecule has 0 saturated heterocycles. The average Bonchev–Trinajstić information content (AvgIpc) is 3.45. The number of esters is 1. The van der Waals surface area contributed by atoms with Crippen molar-refractivity contribution in [2.24, 2.45) is 46.3 Å². The van der Waals surface area contributed by atoms with Gasteiger partial charge in [-0.2, -0.15) is 0 Å². The summed E-state index contributed by atoms with van der Waals surface area (Å²) in [5, 5.41) is 1.14. The van der Waals surface area contributed by atoms with E-state index < -0.39 is 0 Å². The van der Waals surface area contributed by atoms with Crippen molar-refractivity contribution in [2.75, 3.05) is 11.9 Å². The van der Waals surface area contributed by atoms with E-state index in [0.717, 1.165) is 78.9 Å². The molecule has 276 valence electrons. The minimum absolute atomic E-state index is 0.00924. The molecule has 0 heterocycles. The number of hydrogen-bond acceptors (Lipinski definition) is 3. The average molecular weight is 740 g/mol. The highest BCUT2D eigenvalue weighted by Gasteiger charge is 2.59. The van der Waals surface area contributed by atoms with Crippen LogP contribution in [0.15, 0.2) is 35.9 Å². The highest BCUT2D eigenvalue weighted by Crippen LogP contribution is 2.67. The summed E-state index contributed by atoms with van der Waals surface area (Å²) in [6, 6.07) is 7.62. The molecule has 0 amide bonds. The fraction of sp³-hybridized carbons (Fsp3) is 0.800. The monoisotopic (exact) mass is 738 g/mol. The number of allylic oxidation sites excluding steroid dienone is 1. The Morgan fingerprint density at radius 3 is 2.20 bits per heavy atom. The van der Waals surface area contributed by atoms with Crippen LogP contribution in [0.1, 0.15) is 173 Å². The number of unbranched alkanes of at least 4 members (excludes halogenated alkanes) is 8. The van der Waals surface area contributed by atoms with Crippen molar-refractivity contribution >= 4 is 21.9 Å². The molecule has 0 radical (unpaired) electrons. The van der Waals surface area contributed by atoms with E-state index in [9.17, 15) is 4.79 Å². The summed E-state index contributed by atoms with van der Waals surface area (Å²) in [4.78, 5) is 13.2. The number of benzene rings is 1. The second kappa shape index (κ2) is 18.5. The Balaban J connectivity index is 1.05. The topological polar surface area (TPSA) is 35.5 Å². The summed E-state index contributed by atoms with van der Waals surface area (Å²) >= 11 is 3.51. The van der Waals surface area contributed by atoms with Gasteiger partial charge in [0.05, 0.1) is 12.2 Å². The van der Waals surface area contributed by atoms with Gasteiger partial charge >= 0.3 is 5.97 Å². The van der Waals surface area contributed by atoms with E-state index in [1.54, 1.807) is 5.57 Å². The summed E-state index contributed by atoms with van der Waals surface area (Å²) in [6.07, 6.45) is 28.5. The summed E-state index contributed by atoms with van der Waals surface area (Å²) in [5.74, 6) is 5.76. The lowest BCUT2D eigenvalue weighted by molar-refractivity contribution is -0.0594. The van der Waals surface area contributed by atoms with Crippen LogP contribution in [-0.2, 0) is 4.74 Å². The summed E-state index contributed by atoms with van der Waals surface area (Å²) in [7, 11) is 0. The van der Waals surface area contributed by atoms with Crippen LogP contribution in [0.2, 0.25) is 0 Å². The number of carbonyl (C=O) groups excluding carboxylic acids is 1. The molecule has 5 rings (SSSR count). The lowest BCUT2D eigenvalue weighted by Gasteiger charge is -2.58. The van der Waals surface area contributed by atoms with E-state index in [2.05, 4.69) is 56.6 Å². The summed E-state index contributed by atoms with van der Waals surface area (Å²) < 4.78 is 12.2. The van der Waals surface area contributed by atoms with Crippen LogP contribution in [0.25, 0.3) is 0 Å². The fourth-order valence-corrected chi connectivity index (χ4v) is 11.7. The third-order valence-electron chi connectivity index (χ3n) is 14.2. The summed E-state index contributed by atoms with van der Waals surface area (Å²) in [5.41, 5.74) is 3.03. The van der Waals surface area contributed by atoms with E-state index in [1.165, 1.54) is 103 Å². The van der Waals surface area contributed by atoms with Crippen LogP contribution < -0.4 is 4.74 Å². The molecule has 8 atom stereocenters. The van der Waals surface area contributed by atoms with E-state index in [0.29, 0.717) is 11.0 Å². The van der Waals surface area contributed by atoms with Crippen molar-refractivity contribution < 1.29 is 14.3 Å². The number of fused-ring (bicyclic) bond motifs is 5. The molecule has 0 N–H and O–H groups in total. The zero-order valence-corrected chi connectivity index (χ0v) is 33.7. The largest absolute Gasteiger partial charge is 0.494 e. The number of rotatable bonds is 19. The van der Waals surface area contributed by atoms with Crippen molar-refractivity contribution in [1.82, 2.24) is 0 Å². The van der Waals surface area contributed by atoms with Gasteiger partial charge in [-0.05, 0) is 128 Å². The van der Waals surface area contributed by atoms with Crippen LogP contribution in [0.5, 0.6) is 5.75 Å². The first-order chi connectivity index (χ1) is 23.7. The van der Waals surface area contributed by atoms with Crippen molar-refractivity contribution in [1.29, 1.82) is 0 Å². The quantitative estimate of drug-likeness (QED) is 0.0613. The Labute approximate surface area is 309 Å². The third-order valence-corrected chi connectivity index (χ3v) is 14.7. The van der Waals surface area contributed by atoms with E-state index in [-0.39, 0.29) is 17.5 Å². The van der Waals surface area contributed by atoms with Gasteiger partial charge in [0.1, 0.15) is 11.9 Å². The number of hydrogen-bond donors (Lipinski definition) is 0.